The van der Waals surface area contributed by atoms with Gasteiger partial charge in [-0.2, -0.15) is 0 Å². The highest BCUT2D eigenvalue weighted by Crippen LogP contribution is 2.48. The Morgan fingerprint density at radius 3 is 2.63 bits per heavy atom. The average molecular weight is 722 g/mol. The van der Waals surface area contributed by atoms with E-state index in [0.717, 1.165) is 18.9 Å². The van der Waals surface area contributed by atoms with Gasteiger partial charge >= 0.3 is 0 Å². The molecule has 9 nitrogen and oxygen atoms in total. The lowest BCUT2D eigenvalue weighted by molar-refractivity contribution is -0.123. The molecule has 2 aromatic heterocycles. The third-order valence-electron chi connectivity index (χ3n) is 8.85. The second-order valence-electron chi connectivity index (χ2n) is 12.4. The van der Waals surface area contributed by atoms with Crippen LogP contribution >= 0.6 is 34.8 Å². The molecule has 250 valence electrons. The van der Waals surface area contributed by atoms with Gasteiger partial charge in [0, 0.05) is 28.3 Å². The predicted octanol–water partition coefficient (Wildman–Crippen LogP) is 6.74. The maximum absolute atomic E-state index is 14.7. The van der Waals surface area contributed by atoms with Crippen LogP contribution in [0.3, 0.4) is 0 Å². The van der Waals surface area contributed by atoms with E-state index in [2.05, 4.69) is 10.3 Å². The normalized spacial score (nSPS) is 18.0. The molecule has 1 fully saturated rings. The first-order valence-corrected chi connectivity index (χ1v) is 16.5. The third kappa shape index (κ3) is 6.03. The van der Waals surface area contributed by atoms with E-state index >= 15 is 0 Å². The van der Waals surface area contributed by atoms with E-state index in [1.165, 1.54) is 30.5 Å². The fourth-order valence-electron chi connectivity index (χ4n) is 5.84. The zero-order valence-corrected chi connectivity index (χ0v) is 28.2. The fraction of sp³-hybridized carbons (Fsp3) is 0.222. The molecular formula is C36H28Cl3FN4O5. The van der Waals surface area contributed by atoms with Crippen LogP contribution in [0.1, 0.15) is 46.9 Å². The highest BCUT2D eigenvalue weighted by molar-refractivity contribution is 6.43. The third-order valence-corrected chi connectivity index (χ3v) is 9.87. The number of aromatic nitrogens is 2. The van der Waals surface area contributed by atoms with Crippen LogP contribution in [0.5, 0.6) is 11.5 Å². The van der Waals surface area contributed by atoms with Gasteiger partial charge in [-0.1, -0.05) is 59.1 Å². The van der Waals surface area contributed by atoms with Gasteiger partial charge in [0.1, 0.15) is 46.1 Å². The lowest BCUT2D eigenvalue weighted by Gasteiger charge is -2.30. The van der Waals surface area contributed by atoms with E-state index in [1.807, 2.05) is 0 Å². The summed E-state index contributed by atoms with van der Waals surface area (Å²) in [5.74, 6) is -1.22. The molecule has 3 aromatic carbocycles. The van der Waals surface area contributed by atoms with E-state index < -0.39 is 35.2 Å². The number of primary amides is 1. The number of ether oxygens (including phenoxy) is 2. The van der Waals surface area contributed by atoms with Gasteiger partial charge in [0.2, 0.25) is 5.91 Å². The van der Waals surface area contributed by atoms with Crippen molar-refractivity contribution in [2.45, 2.75) is 36.9 Å². The SMILES string of the molecule is C[C@]1(C(N)=O)COc2c1cc([C@@](O)(CNC(=O)c1cc(OC3CC3)c3ncc(Cl)cc3c1)c1cccc(F)c1)nc2-c1cccc(Cl)c1Cl. The molecule has 7 rings (SSSR count). The van der Waals surface area contributed by atoms with Crippen molar-refractivity contribution in [3.63, 3.8) is 0 Å². The number of nitrogens with zero attached hydrogens (tertiary/aromatic N) is 2. The van der Waals surface area contributed by atoms with Crippen molar-refractivity contribution in [2.75, 3.05) is 13.2 Å². The van der Waals surface area contributed by atoms with Crippen LogP contribution < -0.4 is 20.5 Å². The standard InChI is InChI=1S/C36H28Cl3FN4O5/c1-35(34(41)46)17-48-32-25(35)14-28(44-31(32)24-6-3-7-26(38)29(24)39)36(47,20-4-2-5-22(40)13-20)16-43-33(45)19-10-18-11-21(37)15-42-30(18)27(12-19)49-23-8-9-23/h2-7,10-15,23,47H,8-9,16-17H2,1H3,(H2,41,46)(H,43,45)/t35-,36+/m0/s1. The van der Waals surface area contributed by atoms with Crippen molar-refractivity contribution < 1.29 is 28.6 Å². The molecule has 4 N–H and O–H groups in total. The van der Waals surface area contributed by atoms with Gasteiger partial charge in [0.15, 0.2) is 0 Å². The number of hydrogen-bond donors (Lipinski definition) is 3. The molecule has 1 aliphatic carbocycles. The molecule has 2 amide bonds. The van der Waals surface area contributed by atoms with Crippen molar-refractivity contribution in [3.8, 4) is 22.8 Å². The molecule has 0 radical (unpaired) electrons. The maximum atomic E-state index is 14.7. The van der Waals surface area contributed by atoms with Gasteiger partial charge in [-0.3, -0.25) is 14.6 Å². The van der Waals surface area contributed by atoms with Gasteiger partial charge in [0.05, 0.1) is 33.4 Å². The van der Waals surface area contributed by atoms with E-state index in [1.54, 1.807) is 43.3 Å². The van der Waals surface area contributed by atoms with Crippen LogP contribution in [0.4, 0.5) is 4.39 Å². The Balaban J connectivity index is 1.35. The first kappa shape index (κ1) is 33.0. The predicted molar refractivity (Wildman–Crippen MR) is 184 cm³/mol. The molecule has 0 bridgehead atoms. The minimum Gasteiger partial charge on any atom is -0.489 e. The van der Waals surface area contributed by atoms with Gasteiger partial charge in [-0.05, 0) is 67.8 Å². The highest BCUT2D eigenvalue weighted by Gasteiger charge is 2.46. The largest absolute Gasteiger partial charge is 0.489 e. The fourth-order valence-corrected chi connectivity index (χ4v) is 6.40. The minimum atomic E-state index is -2.15. The minimum absolute atomic E-state index is 0.0280. The van der Waals surface area contributed by atoms with Gasteiger partial charge in [0.25, 0.3) is 5.91 Å². The Morgan fingerprint density at radius 1 is 1.12 bits per heavy atom. The van der Waals surface area contributed by atoms with Crippen molar-refractivity contribution in [3.05, 3.63) is 116 Å². The van der Waals surface area contributed by atoms with Crippen LogP contribution in [-0.4, -0.2) is 46.1 Å². The summed E-state index contributed by atoms with van der Waals surface area (Å²) in [5, 5.41) is 16.7. The summed E-state index contributed by atoms with van der Waals surface area (Å²) in [6.45, 7) is 1.04. The molecule has 3 heterocycles. The van der Waals surface area contributed by atoms with E-state index in [-0.39, 0.29) is 51.0 Å². The topological polar surface area (TPSA) is 137 Å². The summed E-state index contributed by atoms with van der Waals surface area (Å²) in [4.78, 5) is 35.8. The molecule has 13 heteroatoms. The number of aliphatic hydroxyl groups is 1. The molecule has 0 unspecified atom stereocenters. The Kier molecular flexibility index (Phi) is 8.39. The van der Waals surface area contributed by atoms with Crippen molar-refractivity contribution in [1.82, 2.24) is 15.3 Å². The maximum Gasteiger partial charge on any atom is 0.251 e. The van der Waals surface area contributed by atoms with Crippen molar-refractivity contribution in [2.24, 2.45) is 5.73 Å². The summed E-state index contributed by atoms with van der Waals surface area (Å²) in [7, 11) is 0. The number of amides is 2. The summed E-state index contributed by atoms with van der Waals surface area (Å²) in [6.07, 6.45) is 3.32. The second kappa shape index (κ2) is 12.4. The highest BCUT2D eigenvalue weighted by atomic mass is 35.5. The zero-order valence-electron chi connectivity index (χ0n) is 25.9. The average Bonchev–Trinajstić information content (AvgIpc) is 3.83. The number of halogens is 4. The van der Waals surface area contributed by atoms with Crippen LogP contribution in [-0.2, 0) is 15.8 Å². The summed E-state index contributed by atoms with van der Waals surface area (Å²) in [6, 6.07) is 16.6. The monoisotopic (exact) mass is 720 g/mol. The lowest BCUT2D eigenvalue weighted by atomic mass is 9.80. The number of carbonyl (C=O) groups excluding carboxylic acids is 2. The molecule has 1 aliphatic heterocycles. The lowest BCUT2D eigenvalue weighted by Crippen LogP contribution is -2.43. The Morgan fingerprint density at radius 2 is 1.90 bits per heavy atom. The molecule has 0 spiro atoms. The van der Waals surface area contributed by atoms with Gasteiger partial charge in [-0.15, -0.1) is 0 Å². The number of rotatable bonds is 9. The number of nitrogens with one attached hydrogen (secondary N) is 1. The van der Waals surface area contributed by atoms with Crippen LogP contribution in [0.15, 0.2) is 72.9 Å². The first-order chi connectivity index (χ1) is 23.4. The van der Waals surface area contributed by atoms with E-state index in [0.29, 0.717) is 32.8 Å². The molecule has 1 saturated carbocycles. The van der Waals surface area contributed by atoms with Crippen molar-refractivity contribution in [1.29, 1.82) is 0 Å². The van der Waals surface area contributed by atoms with Gasteiger partial charge in [-0.25, -0.2) is 9.37 Å². The van der Waals surface area contributed by atoms with E-state index in [9.17, 15) is 19.1 Å². The Bertz CT molecular complexity index is 2180. The number of benzene rings is 3. The number of carbonyl (C=O) groups is 2. The number of hydrogen-bond acceptors (Lipinski definition) is 7. The molecule has 49 heavy (non-hydrogen) atoms. The summed E-state index contributed by atoms with van der Waals surface area (Å²) < 4.78 is 26.8. The summed E-state index contributed by atoms with van der Waals surface area (Å²) in [5.41, 5.74) is 4.07. The number of fused-ring (bicyclic) bond motifs is 2. The molecule has 0 saturated heterocycles. The molecular weight excluding hydrogens is 694 g/mol. The zero-order chi connectivity index (χ0) is 34.7. The van der Waals surface area contributed by atoms with Gasteiger partial charge < -0.3 is 25.6 Å². The smallest absolute Gasteiger partial charge is 0.251 e. The van der Waals surface area contributed by atoms with Crippen LogP contribution in [0, 0.1) is 5.82 Å². The van der Waals surface area contributed by atoms with Crippen LogP contribution in [0.2, 0.25) is 15.1 Å². The van der Waals surface area contributed by atoms with Crippen molar-refractivity contribution >= 4 is 57.5 Å². The van der Waals surface area contributed by atoms with Crippen LogP contribution in [0.25, 0.3) is 22.2 Å². The summed E-state index contributed by atoms with van der Waals surface area (Å²) >= 11 is 19.2. The Hall–Kier alpha value is -4.48. The first-order valence-electron chi connectivity index (χ1n) is 15.3. The number of pyridine rings is 2. The Labute approximate surface area is 295 Å². The molecule has 5 aromatic rings. The second-order valence-corrected chi connectivity index (χ2v) is 13.6. The molecule has 2 aliphatic rings. The van der Waals surface area contributed by atoms with E-state index in [4.69, 9.17) is 55.0 Å². The molecule has 2 atom stereocenters. The number of nitrogens with two attached hydrogens (primary N) is 1. The quantitative estimate of drug-likeness (QED) is 0.153.